The minimum atomic E-state index is -3.49. The van der Waals surface area contributed by atoms with Crippen molar-refractivity contribution in [1.82, 2.24) is 4.98 Å². The number of fused-ring (bicyclic) bond motifs is 2. The first kappa shape index (κ1) is 20.0. The third-order valence-corrected chi connectivity index (χ3v) is 6.89. The van der Waals surface area contributed by atoms with E-state index in [1.807, 2.05) is 30.0 Å². The van der Waals surface area contributed by atoms with E-state index in [1.54, 1.807) is 24.3 Å². The van der Waals surface area contributed by atoms with Gasteiger partial charge in [-0.3, -0.25) is 5.32 Å². The van der Waals surface area contributed by atoms with E-state index in [9.17, 15) is 18.3 Å². The fraction of sp³-hybridized carbons (Fsp3) is 0.238. The van der Waals surface area contributed by atoms with E-state index in [1.165, 1.54) is 7.11 Å². The van der Waals surface area contributed by atoms with Gasteiger partial charge >= 0.3 is 6.09 Å². The number of pyridine rings is 1. The minimum Gasteiger partial charge on any atom is -0.497 e. The number of carbonyl (C=O) groups is 1. The van der Waals surface area contributed by atoms with Crippen molar-refractivity contribution in [2.45, 2.75) is 18.4 Å². The van der Waals surface area contributed by atoms with Crippen LogP contribution in [0.2, 0.25) is 0 Å². The van der Waals surface area contributed by atoms with Gasteiger partial charge in [0, 0.05) is 24.5 Å². The van der Waals surface area contributed by atoms with Crippen LogP contribution in [-0.2, 0) is 16.4 Å². The molecule has 0 aliphatic carbocycles. The summed E-state index contributed by atoms with van der Waals surface area (Å²) >= 11 is 0. The van der Waals surface area contributed by atoms with Crippen molar-refractivity contribution in [3.05, 3.63) is 53.6 Å². The quantitative estimate of drug-likeness (QED) is 0.659. The van der Waals surface area contributed by atoms with Crippen LogP contribution in [0.4, 0.5) is 16.3 Å². The number of nitrogens with one attached hydrogen (secondary N) is 1. The number of carboxylic acid groups (broad SMARTS) is 1. The molecule has 1 aromatic heterocycles. The summed E-state index contributed by atoms with van der Waals surface area (Å²) < 4.78 is 30.8. The second-order valence-electron chi connectivity index (χ2n) is 7.19. The van der Waals surface area contributed by atoms with Crippen molar-refractivity contribution in [2.75, 3.05) is 29.6 Å². The SMILES string of the molecule is COc1ccc2c(c1)S(=O)(=O)CCN(c1cc(NC(=O)O)c3cc(C)ccc3n1)C2. The van der Waals surface area contributed by atoms with Gasteiger partial charge in [0.15, 0.2) is 9.84 Å². The maximum absolute atomic E-state index is 12.8. The van der Waals surface area contributed by atoms with E-state index in [0.717, 1.165) is 5.56 Å². The molecule has 3 aromatic rings. The zero-order valence-corrected chi connectivity index (χ0v) is 17.4. The average molecular weight is 427 g/mol. The van der Waals surface area contributed by atoms with Gasteiger partial charge in [0.1, 0.15) is 11.6 Å². The Labute approximate surface area is 174 Å². The van der Waals surface area contributed by atoms with Gasteiger partial charge in [-0.2, -0.15) is 0 Å². The van der Waals surface area contributed by atoms with Crippen LogP contribution >= 0.6 is 0 Å². The lowest BCUT2D eigenvalue weighted by molar-refractivity contribution is 0.210. The highest BCUT2D eigenvalue weighted by Crippen LogP contribution is 2.32. The molecule has 0 bridgehead atoms. The minimum absolute atomic E-state index is 0.0809. The smallest absolute Gasteiger partial charge is 0.409 e. The second kappa shape index (κ2) is 7.49. The highest BCUT2D eigenvalue weighted by molar-refractivity contribution is 7.91. The number of amides is 1. The van der Waals surface area contributed by atoms with Crippen LogP contribution < -0.4 is 15.0 Å². The number of rotatable bonds is 3. The predicted molar refractivity (Wildman–Crippen MR) is 114 cm³/mol. The highest BCUT2D eigenvalue weighted by Gasteiger charge is 2.27. The summed E-state index contributed by atoms with van der Waals surface area (Å²) in [6.45, 7) is 2.48. The van der Waals surface area contributed by atoms with E-state index < -0.39 is 15.9 Å². The van der Waals surface area contributed by atoms with Crippen molar-refractivity contribution in [3.8, 4) is 5.75 Å². The maximum atomic E-state index is 12.8. The van der Waals surface area contributed by atoms with E-state index in [4.69, 9.17) is 4.74 Å². The van der Waals surface area contributed by atoms with Crippen molar-refractivity contribution in [1.29, 1.82) is 0 Å². The van der Waals surface area contributed by atoms with E-state index in [2.05, 4.69) is 10.3 Å². The number of hydrogen-bond acceptors (Lipinski definition) is 6. The first-order valence-corrected chi connectivity index (χ1v) is 11.0. The monoisotopic (exact) mass is 427 g/mol. The van der Waals surface area contributed by atoms with Crippen LogP contribution in [0.1, 0.15) is 11.1 Å². The first-order chi connectivity index (χ1) is 14.3. The van der Waals surface area contributed by atoms with Gasteiger partial charge in [-0.15, -0.1) is 0 Å². The van der Waals surface area contributed by atoms with Crippen LogP contribution in [0.3, 0.4) is 0 Å². The fourth-order valence-electron chi connectivity index (χ4n) is 3.61. The van der Waals surface area contributed by atoms with Crippen LogP contribution in [0.5, 0.6) is 5.75 Å². The van der Waals surface area contributed by atoms with Gasteiger partial charge in [-0.25, -0.2) is 18.2 Å². The molecule has 30 heavy (non-hydrogen) atoms. The lowest BCUT2D eigenvalue weighted by Gasteiger charge is -2.23. The third-order valence-electron chi connectivity index (χ3n) is 5.12. The molecule has 0 radical (unpaired) electrons. The van der Waals surface area contributed by atoms with Crippen LogP contribution in [0, 0.1) is 6.92 Å². The van der Waals surface area contributed by atoms with Crippen molar-refractivity contribution in [3.63, 3.8) is 0 Å². The molecule has 2 N–H and O–H groups in total. The fourth-order valence-corrected chi connectivity index (χ4v) is 5.12. The number of hydrogen-bond donors (Lipinski definition) is 2. The molecular weight excluding hydrogens is 406 g/mol. The molecule has 0 atom stereocenters. The lowest BCUT2D eigenvalue weighted by atomic mass is 10.1. The summed E-state index contributed by atoms with van der Waals surface area (Å²) in [7, 11) is -1.99. The number of nitrogens with zero attached hydrogens (tertiary/aromatic N) is 2. The number of benzene rings is 2. The van der Waals surface area contributed by atoms with Crippen LogP contribution in [0.15, 0.2) is 47.4 Å². The summed E-state index contributed by atoms with van der Waals surface area (Å²) in [5, 5.41) is 12.4. The zero-order chi connectivity index (χ0) is 21.5. The number of methoxy groups -OCH3 is 1. The number of ether oxygens (including phenoxy) is 1. The summed E-state index contributed by atoms with van der Waals surface area (Å²) in [6, 6.07) is 12.3. The topological polar surface area (TPSA) is 109 Å². The summed E-state index contributed by atoms with van der Waals surface area (Å²) in [4.78, 5) is 18.1. The van der Waals surface area contributed by atoms with Gasteiger partial charge in [0.05, 0.1) is 29.0 Å². The molecule has 9 heteroatoms. The molecule has 1 aliphatic heterocycles. The Morgan fingerprint density at radius 2 is 2.00 bits per heavy atom. The number of aromatic nitrogens is 1. The molecule has 1 aliphatic rings. The lowest BCUT2D eigenvalue weighted by Crippen LogP contribution is -2.26. The standard InChI is InChI=1S/C21H21N3O5S/c1-13-3-6-17-16(9-13)18(23-21(25)26)11-20(22-17)24-7-8-30(27,28)19-10-15(29-2)5-4-14(19)12-24/h3-6,9-11H,7-8,12H2,1-2H3,(H,22,23)(H,25,26). The van der Waals surface area contributed by atoms with Gasteiger partial charge in [-0.1, -0.05) is 17.7 Å². The third kappa shape index (κ3) is 3.76. The van der Waals surface area contributed by atoms with Crippen molar-refractivity contribution >= 4 is 38.3 Å². The molecule has 1 amide bonds. The van der Waals surface area contributed by atoms with E-state index in [-0.39, 0.29) is 17.2 Å². The molecule has 0 saturated carbocycles. The summed E-state index contributed by atoms with van der Waals surface area (Å²) in [5.74, 6) is 0.912. The van der Waals surface area contributed by atoms with E-state index in [0.29, 0.717) is 40.3 Å². The molecule has 0 saturated heterocycles. The molecule has 0 unspecified atom stereocenters. The molecule has 4 rings (SSSR count). The Bertz CT molecular complexity index is 1260. The van der Waals surface area contributed by atoms with Crippen LogP contribution in [-0.4, -0.2) is 44.0 Å². The van der Waals surface area contributed by atoms with E-state index >= 15 is 0 Å². The predicted octanol–water partition coefficient (Wildman–Crippen LogP) is 3.44. The Kier molecular flexibility index (Phi) is 4.98. The normalized spacial score (nSPS) is 15.3. The molecule has 2 heterocycles. The Balaban J connectivity index is 1.82. The molecule has 156 valence electrons. The Hall–Kier alpha value is -3.33. The summed E-state index contributed by atoms with van der Waals surface area (Å²) in [6.07, 6.45) is -1.18. The van der Waals surface area contributed by atoms with Gasteiger partial charge in [-0.05, 0) is 36.8 Å². The highest BCUT2D eigenvalue weighted by atomic mass is 32.2. The number of sulfone groups is 1. The second-order valence-corrected chi connectivity index (χ2v) is 9.27. The zero-order valence-electron chi connectivity index (χ0n) is 16.5. The Morgan fingerprint density at radius 1 is 1.20 bits per heavy atom. The molecule has 0 spiro atoms. The van der Waals surface area contributed by atoms with Gasteiger partial charge < -0.3 is 14.7 Å². The number of anilines is 2. The van der Waals surface area contributed by atoms with Crippen LogP contribution in [0.25, 0.3) is 10.9 Å². The van der Waals surface area contributed by atoms with Gasteiger partial charge in [0.2, 0.25) is 0 Å². The van der Waals surface area contributed by atoms with Crippen molar-refractivity contribution < 1.29 is 23.1 Å². The maximum Gasteiger partial charge on any atom is 0.409 e. The first-order valence-electron chi connectivity index (χ1n) is 9.33. The summed E-state index contributed by atoms with van der Waals surface area (Å²) in [5.41, 5.74) is 2.67. The van der Waals surface area contributed by atoms with Crippen molar-refractivity contribution in [2.24, 2.45) is 0 Å². The largest absolute Gasteiger partial charge is 0.497 e. The number of aryl methyl sites for hydroxylation is 1. The van der Waals surface area contributed by atoms with Gasteiger partial charge in [0.25, 0.3) is 0 Å². The molecule has 8 nitrogen and oxygen atoms in total. The molecule has 0 fully saturated rings. The average Bonchev–Trinajstić information content (AvgIpc) is 2.83. The molecule has 2 aromatic carbocycles. The Morgan fingerprint density at radius 3 is 2.73 bits per heavy atom. The molecular formula is C21H21N3O5S.